The fraction of sp³-hybridized carbons (Fsp3) is 0.500. The minimum atomic E-state index is 0.468. The fourth-order valence-corrected chi connectivity index (χ4v) is 2.12. The molecule has 2 nitrogen and oxygen atoms in total. The van der Waals surface area contributed by atoms with Crippen LogP contribution in [0.1, 0.15) is 24.5 Å². The summed E-state index contributed by atoms with van der Waals surface area (Å²) in [7, 11) is 0. The van der Waals surface area contributed by atoms with Crippen molar-refractivity contribution in [3.05, 3.63) is 29.3 Å². The van der Waals surface area contributed by atoms with E-state index in [4.69, 9.17) is 5.73 Å². The molecule has 14 heavy (non-hydrogen) atoms. The first-order chi connectivity index (χ1) is 6.85. The molecule has 1 aromatic rings. The second kappa shape index (κ2) is 4.01. The Morgan fingerprint density at radius 3 is 3.07 bits per heavy atom. The van der Waals surface area contributed by atoms with E-state index >= 15 is 0 Å². The Balaban J connectivity index is 2.33. The van der Waals surface area contributed by atoms with E-state index in [2.05, 4.69) is 30.4 Å². The topological polar surface area (TPSA) is 38.0 Å². The van der Waals surface area contributed by atoms with Crippen LogP contribution in [0.3, 0.4) is 0 Å². The van der Waals surface area contributed by atoms with E-state index in [1.807, 2.05) is 0 Å². The highest BCUT2D eigenvalue weighted by Gasteiger charge is 2.17. The number of hydrogen-bond donors (Lipinski definition) is 2. The van der Waals surface area contributed by atoms with Crippen molar-refractivity contribution in [3.8, 4) is 0 Å². The maximum Gasteiger partial charge on any atom is 0.0407 e. The lowest BCUT2D eigenvalue weighted by molar-refractivity contribution is 0.637. The molecule has 0 spiro atoms. The summed E-state index contributed by atoms with van der Waals surface area (Å²) in [6.07, 6.45) is 3.42. The zero-order chi connectivity index (χ0) is 9.97. The van der Waals surface area contributed by atoms with Crippen LogP contribution in [0.4, 0.5) is 5.69 Å². The molecule has 0 bridgehead atoms. The van der Waals surface area contributed by atoms with E-state index in [-0.39, 0.29) is 0 Å². The smallest absolute Gasteiger partial charge is 0.0407 e. The summed E-state index contributed by atoms with van der Waals surface area (Å²) in [6, 6.07) is 7.04. The summed E-state index contributed by atoms with van der Waals surface area (Å²) in [5.41, 5.74) is 9.90. The average Bonchev–Trinajstić information content (AvgIpc) is 2.27. The number of anilines is 1. The molecule has 0 amide bonds. The third-order valence-corrected chi connectivity index (χ3v) is 3.01. The van der Waals surface area contributed by atoms with Crippen LogP contribution in [0, 0.1) is 0 Å². The Morgan fingerprint density at radius 1 is 1.50 bits per heavy atom. The molecule has 1 aliphatic heterocycles. The van der Waals surface area contributed by atoms with Crippen molar-refractivity contribution in [2.75, 3.05) is 11.9 Å². The third kappa shape index (κ3) is 1.62. The molecule has 0 aromatic heterocycles. The molecule has 1 heterocycles. The summed E-state index contributed by atoms with van der Waals surface area (Å²) in [6.45, 7) is 2.93. The lowest BCUT2D eigenvalue weighted by Gasteiger charge is -2.27. The van der Waals surface area contributed by atoms with Crippen molar-refractivity contribution in [2.24, 2.45) is 5.73 Å². The maximum atomic E-state index is 5.69. The van der Waals surface area contributed by atoms with Crippen molar-refractivity contribution in [1.29, 1.82) is 0 Å². The third-order valence-electron chi connectivity index (χ3n) is 3.01. The van der Waals surface area contributed by atoms with Crippen molar-refractivity contribution in [2.45, 2.75) is 32.2 Å². The quantitative estimate of drug-likeness (QED) is 0.748. The molecule has 76 valence electrons. The van der Waals surface area contributed by atoms with Gasteiger partial charge in [0.25, 0.3) is 0 Å². The van der Waals surface area contributed by atoms with Crippen LogP contribution in [-0.2, 0) is 12.8 Å². The van der Waals surface area contributed by atoms with E-state index in [1.165, 1.54) is 16.8 Å². The maximum absolute atomic E-state index is 5.69. The molecule has 0 saturated heterocycles. The normalized spacial score (nSPS) is 20.0. The highest BCUT2D eigenvalue weighted by atomic mass is 15.0. The number of rotatable bonds is 2. The molecule has 0 saturated carbocycles. The molecular formula is C12H18N2. The molecular weight excluding hydrogens is 172 g/mol. The monoisotopic (exact) mass is 190 g/mol. The second-order valence-corrected chi connectivity index (χ2v) is 3.92. The molecule has 2 rings (SSSR count). The average molecular weight is 190 g/mol. The van der Waals surface area contributed by atoms with Crippen molar-refractivity contribution < 1.29 is 0 Å². The van der Waals surface area contributed by atoms with Crippen LogP contribution in [0.25, 0.3) is 0 Å². The Hall–Kier alpha value is -1.02. The van der Waals surface area contributed by atoms with Gasteiger partial charge >= 0.3 is 0 Å². The van der Waals surface area contributed by atoms with E-state index in [1.54, 1.807) is 0 Å². The van der Waals surface area contributed by atoms with Gasteiger partial charge in [0.1, 0.15) is 0 Å². The summed E-state index contributed by atoms with van der Waals surface area (Å²) >= 11 is 0. The van der Waals surface area contributed by atoms with Gasteiger partial charge in [0.2, 0.25) is 0 Å². The predicted molar refractivity (Wildman–Crippen MR) is 60.6 cm³/mol. The molecule has 0 aliphatic carbocycles. The van der Waals surface area contributed by atoms with E-state index in [0.717, 1.165) is 25.8 Å². The lowest BCUT2D eigenvalue weighted by Crippen LogP contribution is -2.33. The number of para-hydroxylation sites is 1. The van der Waals surface area contributed by atoms with Gasteiger partial charge in [-0.25, -0.2) is 0 Å². The molecule has 1 unspecified atom stereocenters. The second-order valence-electron chi connectivity index (χ2n) is 3.92. The Kier molecular flexibility index (Phi) is 2.73. The first kappa shape index (κ1) is 9.53. The number of hydrogen-bond acceptors (Lipinski definition) is 2. The van der Waals surface area contributed by atoms with Crippen LogP contribution in [-0.4, -0.2) is 12.6 Å². The number of nitrogens with one attached hydrogen (secondary N) is 1. The standard InChI is InChI=1S/C12H18N2/c1-2-9-4-3-5-10-6-7-11(8-13)14-12(9)10/h3-5,11,14H,2,6-8,13H2,1H3. The number of fused-ring (bicyclic) bond motifs is 1. The molecule has 3 N–H and O–H groups in total. The van der Waals surface area contributed by atoms with Gasteiger partial charge in [0.15, 0.2) is 0 Å². The van der Waals surface area contributed by atoms with Gasteiger partial charge in [-0.1, -0.05) is 25.1 Å². The van der Waals surface area contributed by atoms with E-state index in [0.29, 0.717) is 6.04 Å². The Bertz CT molecular complexity index is 306. The minimum Gasteiger partial charge on any atom is -0.381 e. The van der Waals surface area contributed by atoms with Crippen LogP contribution in [0.5, 0.6) is 0 Å². The number of nitrogens with two attached hydrogens (primary N) is 1. The minimum absolute atomic E-state index is 0.468. The summed E-state index contributed by atoms with van der Waals surface area (Å²) in [5, 5.41) is 3.54. The number of benzene rings is 1. The first-order valence-corrected chi connectivity index (χ1v) is 5.42. The number of aryl methyl sites for hydroxylation is 2. The highest BCUT2D eigenvalue weighted by Crippen LogP contribution is 2.28. The van der Waals surface area contributed by atoms with E-state index < -0.39 is 0 Å². The van der Waals surface area contributed by atoms with Crippen molar-refractivity contribution in [3.63, 3.8) is 0 Å². The molecule has 1 atom stereocenters. The summed E-state index contributed by atoms with van der Waals surface area (Å²) < 4.78 is 0. The van der Waals surface area contributed by atoms with Crippen molar-refractivity contribution >= 4 is 5.69 Å². The summed E-state index contributed by atoms with van der Waals surface area (Å²) in [4.78, 5) is 0. The van der Waals surface area contributed by atoms with Gasteiger partial charge in [0.05, 0.1) is 0 Å². The van der Waals surface area contributed by atoms with Crippen molar-refractivity contribution in [1.82, 2.24) is 0 Å². The largest absolute Gasteiger partial charge is 0.381 e. The zero-order valence-corrected chi connectivity index (χ0v) is 8.72. The highest BCUT2D eigenvalue weighted by molar-refractivity contribution is 5.60. The molecule has 1 aliphatic rings. The Labute approximate surface area is 85.5 Å². The molecule has 1 aromatic carbocycles. The van der Waals surface area contributed by atoms with Crippen LogP contribution >= 0.6 is 0 Å². The lowest BCUT2D eigenvalue weighted by atomic mass is 9.94. The van der Waals surface area contributed by atoms with Gasteiger partial charge < -0.3 is 11.1 Å². The zero-order valence-electron chi connectivity index (χ0n) is 8.72. The van der Waals surface area contributed by atoms with Crippen LogP contribution in [0.15, 0.2) is 18.2 Å². The Morgan fingerprint density at radius 2 is 2.36 bits per heavy atom. The SMILES string of the molecule is CCc1cccc2c1NC(CN)CC2. The predicted octanol–water partition coefficient (Wildman–Crippen LogP) is 1.93. The first-order valence-electron chi connectivity index (χ1n) is 5.42. The fourth-order valence-electron chi connectivity index (χ4n) is 2.12. The van der Waals surface area contributed by atoms with Gasteiger partial charge in [-0.2, -0.15) is 0 Å². The molecule has 0 radical (unpaired) electrons. The van der Waals surface area contributed by atoms with Gasteiger partial charge in [-0.05, 0) is 30.4 Å². The summed E-state index contributed by atoms with van der Waals surface area (Å²) in [5.74, 6) is 0. The van der Waals surface area contributed by atoms with Crippen LogP contribution in [0.2, 0.25) is 0 Å². The van der Waals surface area contributed by atoms with Gasteiger partial charge in [-0.3, -0.25) is 0 Å². The molecule has 2 heteroatoms. The van der Waals surface area contributed by atoms with Crippen LogP contribution < -0.4 is 11.1 Å². The molecule has 0 fully saturated rings. The van der Waals surface area contributed by atoms with E-state index in [9.17, 15) is 0 Å². The van der Waals surface area contributed by atoms with Gasteiger partial charge in [-0.15, -0.1) is 0 Å². The van der Waals surface area contributed by atoms with Gasteiger partial charge in [0, 0.05) is 18.3 Å².